The summed E-state index contributed by atoms with van der Waals surface area (Å²) in [7, 11) is 0. The zero-order valence-corrected chi connectivity index (χ0v) is 12.0. The van der Waals surface area contributed by atoms with Gasteiger partial charge in [-0.2, -0.15) is 0 Å². The van der Waals surface area contributed by atoms with Crippen LogP contribution in [0.1, 0.15) is 59.8 Å². The highest BCUT2D eigenvalue weighted by Gasteiger charge is 2.49. The lowest BCUT2D eigenvalue weighted by Crippen LogP contribution is -2.62. The average Bonchev–Trinajstić information content (AvgIpc) is 2.74. The van der Waals surface area contributed by atoms with Crippen molar-refractivity contribution in [3.63, 3.8) is 0 Å². The molecule has 2 heteroatoms. The topological polar surface area (TPSA) is 21.3 Å². The first-order valence-corrected chi connectivity index (χ1v) is 7.38. The summed E-state index contributed by atoms with van der Waals surface area (Å²) < 4.78 is 6.01. The highest BCUT2D eigenvalue weighted by Crippen LogP contribution is 2.43. The molecule has 2 aliphatic rings. The van der Waals surface area contributed by atoms with Gasteiger partial charge in [-0.05, 0) is 25.2 Å². The monoisotopic (exact) mass is 239 g/mol. The molecule has 2 fully saturated rings. The van der Waals surface area contributed by atoms with Crippen LogP contribution in [0.3, 0.4) is 0 Å². The maximum atomic E-state index is 6.01. The van der Waals surface area contributed by atoms with Gasteiger partial charge in [0.25, 0.3) is 0 Å². The smallest absolute Gasteiger partial charge is 0.0656 e. The summed E-state index contributed by atoms with van der Waals surface area (Å²) in [6, 6.07) is 1.45. The van der Waals surface area contributed by atoms with E-state index in [1.807, 2.05) is 0 Å². The summed E-state index contributed by atoms with van der Waals surface area (Å²) in [6.45, 7) is 10.1. The first-order chi connectivity index (χ1) is 8.00. The van der Waals surface area contributed by atoms with Crippen LogP contribution in [0.5, 0.6) is 0 Å². The van der Waals surface area contributed by atoms with E-state index in [1.54, 1.807) is 0 Å². The van der Waals surface area contributed by atoms with E-state index in [0.717, 1.165) is 12.6 Å². The van der Waals surface area contributed by atoms with Crippen LogP contribution in [0, 0.1) is 11.3 Å². The fourth-order valence-corrected chi connectivity index (χ4v) is 3.14. The minimum atomic E-state index is 0.317. The maximum absolute atomic E-state index is 6.01. The minimum Gasteiger partial charge on any atom is -0.377 e. The Bertz CT molecular complexity index is 243. The average molecular weight is 239 g/mol. The van der Waals surface area contributed by atoms with E-state index in [4.69, 9.17) is 4.74 Å². The lowest BCUT2D eigenvalue weighted by atomic mass is 9.64. The number of hydrogen-bond acceptors (Lipinski definition) is 2. The van der Waals surface area contributed by atoms with Crippen molar-refractivity contribution in [3.05, 3.63) is 0 Å². The molecule has 1 N–H and O–H groups in total. The van der Waals surface area contributed by atoms with E-state index >= 15 is 0 Å². The highest BCUT2D eigenvalue weighted by atomic mass is 16.5. The molecule has 0 aromatic rings. The zero-order chi connectivity index (χ0) is 12.5. The SMILES string of the molecule is CC(C)COC1CC(NC2CCCC2)C1(C)C. The van der Waals surface area contributed by atoms with Gasteiger partial charge in [0.05, 0.1) is 6.10 Å². The van der Waals surface area contributed by atoms with Gasteiger partial charge in [0.1, 0.15) is 0 Å². The van der Waals surface area contributed by atoms with E-state index in [1.165, 1.54) is 32.1 Å². The summed E-state index contributed by atoms with van der Waals surface area (Å²) in [4.78, 5) is 0. The molecule has 2 nitrogen and oxygen atoms in total. The first-order valence-electron chi connectivity index (χ1n) is 7.38. The third-order valence-corrected chi connectivity index (χ3v) is 4.60. The van der Waals surface area contributed by atoms with Gasteiger partial charge >= 0.3 is 0 Å². The van der Waals surface area contributed by atoms with E-state index in [0.29, 0.717) is 23.5 Å². The van der Waals surface area contributed by atoms with E-state index in [2.05, 4.69) is 33.0 Å². The van der Waals surface area contributed by atoms with Gasteiger partial charge in [-0.25, -0.2) is 0 Å². The molecule has 0 bridgehead atoms. The molecule has 0 radical (unpaired) electrons. The maximum Gasteiger partial charge on any atom is 0.0656 e. The Morgan fingerprint density at radius 1 is 1.24 bits per heavy atom. The van der Waals surface area contributed by atoms with Crippen LogP contribution >= 0.6 is 0 Å². The molecular formula is C15H29NO. The summed E-state index contributed by atoms with van der Waals surface area (Å²) in [5, 5.41) is 3.84. The van der Waals surface area contributed by atoms with Crippen molar-refractivity contribution in [2.24, 2.45) is 11.3 Å². The molecule has 2 rings (SSSR count). The van der Waals surface area contributed by atoms with Gasteiger partial charge in [-0.15, -0.1) is 0 Å². The lowest BCUT2D eigenvalue weighted by molar-refractivity contribution is -0.125. The Kier molecular flexibility index (Phi) is 4.14. The Hall–Kier alpha value is -0.0800. The third kappa shape index (κ3) is 3.03. The third-order valence-electron chi connectivity index (χ3n) is 4.60. The molecule has 2 saturated carbocycles. The molecule has 2 aliphatic carbocycles. The van der Waals surface area contributed by atoms with Crippen molar-refractivity contribution in [2.75, 3.05) is 6.61 Å². The Morgan fingerprint density at radius 2 is 1.88 bits per heavy atom. The number of rotatable bonds is 5. The Balaban J connectivity index is 1.75. The van der Waals surface area contributed by atoms with E-state index in [9.17, 15) is 0 Å². The van der Waals surface area contributed by atoms with Crippen molar-refractivity contribution in [2.45, 2.75) is 78.0 Å². The van der Waals surface area contributed by atoms with Gasteiger partial charge in [0.15, 0.2) is 0 Å². The van der Waals surface area contributed by atoms with Crippen LogP contribution in [0.25, 0.3) is 0 Å². The van der Waals surface area contributed by atoms with Gasteiger partial charge < -0.3 is 10.1 Å². The molecule has 100 valence electrons. The van der Waals surface area contributed by atoms with Crippen LogP contribution < -0.4 is 5.32 Å². The molecule has 0 saturated heterocycles. The molecule has 0 aromatic carbocycles. The van der Waals surface area contributed by atoms with Gasteiger partial charge in [0.2, 0.25) is 0 Å². The molecule has 2 atom stereocenters. The molecule has 0 aromatic heterocycles. The molecule has 0 spiro atoms. The molecule has 2 unspecified atom stereocenters. The van der Waals surface area contributed by atoms with Crippen molar-refractivity contribution in [1.29, 1.82) is 0 Å². The standard InChI is InChI=1S/C15H29NO/c1-11(2)10-17-14-9-13(15(14,3)4)16-12-7-5-6-8-12/h11-14,16H,5-10H2,1-4H3. The molecule has 0 aliphatic heterocycles. The Morgan fingerprint density at radius 3 is 2.41 bits per heavy atom. The molecular weight excluding hydrogens is 210 g/mol. The molecule has 0 amide bonds. The van der Waals surface area contributed by atoms with Crippen LogP contribution in [0.2, 0.25) is 0 Å². The summed E-state index contributed by atoms with van der Waals surface area (Å²) >= 11 is 0. The summed E-state index contributed by atoms with van der Waals surface area (Å²) in [5.41, 5.74) is 0.317. The quantitative estimate of drug-likeness (QED) is 0.794. The second kappa shape index (κ2) is 5.27. The van der Waals surface area contributed by atoms with Crippen LogP contribution in [-0.4, -0.2) is 24.8 Å². The van der Waals surface area contributed by atoms with Crippen LogP contribution in [0.15, 0.2) is 0 Å². The number of hydrogen-bond donors (Lipinski definition) is 1. The van der Waals surface area contributed by atoms with E-state index < -0.39 is 0 Å². The van der Waals surface area contributed by atoms with Crippen molar-refractivity contribution < 1.29 is 4.74 Å². The van der Waals surface area contributed by atoms with Gasteiger partial charge in [-0.3, -0.25) is 0 Å². The second-order valence-corrected chi connectivity index (χ2v) is 6.97. The summed E-state index contributed by atoms with van der Waals surface area (Å²) in [6.07, 6.45) is 7.25. The first kappa shape index (κ1) is 13.4. The fraction of sp³-hybridized carbons (Fsp3) is 1.00. The van der Waals surface area contributed by atoms with Gasteiger partial charge in [-0.1, -0.05) is 40.5 Å². The number of ether oxygens (including phenoxy) is 1. The van der Waals surface area contributed by atoms with Gasteiger partial charge in [0, 0.05) is 24.1 Å². The van der Waals surface area contributed by atoms with Crippen molar-refractivity contribution in [3.8, 4) is 0 Å². The molecule has 0 heterocycles. The van der Waals surface area contributed by atoms with E-state index in [-0.39, 0.29) is 0 Å². The highest BCUT2D eigenvalue weighted by molar-refractivity contribution is 5.04. The zero-order valence-electron chi connectivity index (χ0n) is 12.0. The largest absolute Gasteiger partial charge is 0.377 e. The lowest BCUT2D eigenvalue weighted by Gasteiger charge is -2.53. The van der Waals surface area contributed by atoms with Crippen molar-refractivity contribution >= 4 is 0 Å². The predicted molar refractivity (Wildman–Crippen MR) is 72.2 cm³/mol. The van der Waals surface area contributed by atoms with Crippen LogP contribution in [-0.2, 0) is 4.74 Å². The van der Waals surface area contributed by atoms with Crippen molar-refractivity contribution in [1.82, 2.24) is 5.32 Å². The predicted octanol–water partition coefficient (Wildman–Crippen LogP) is 3.36. The normalized spacial score (nSPS) is 33.0. The summed E-state index contributed by atoms with van der Waals surface area (Å²) in [5.74, 6) is 0.646. The molecule has 17 heavy (non-hydrogen) atoms. The minimum absolute atomic E-state index is 0.317. The Labute approximate surface area is 107 Å². The second-order valence-electron chi connectivity index (χ2n) is 6.97. The van der Waals surface area contributed by atoms with Crippen LogP contribution in [0.4, 0.5) is 0 Å². The number of nitrogens with one attached hydrogen (secondary N) is 1. The fourth-order valence-electron chi connectivity index (χ4n) is 3.14.